The summed E-state index contributed by atoms with van der Waals surface area (Å²) < 4.78 is 0. The molecule has 1 atom stereocenters. The third kappa shape index (κ3) is 3.22. The summed E-state index contributed by atoms with van der Waals surface area (Å²) in [5.74, 6) is -0.0117. The van der Waals surface area contributed by atoms with Crippen LogP contribution in [0.15, 0.2) is 24.3 Å². The van der Waals surface area contributed by atoms with Crippen molar-refractivity contribution >= 4 is 28.2 Å². The highest BCUT2D eigenvalue weighted by molar-refractivity contribution is 7.17. The first-order chi connectivity index (χ1) is 11.5. The molecule has 3 N–H and O–H groups in total. The third-order valence-electron chi connectivity index (χ3n) is 4.73. The first-order valence-corrected chi connectivity index (χ1v) is 9.13. The normalized spacial score (nSPS) is 16.5. The monoisotopic (exact) mass is 342 g/mol. The molecule has 4 nitrogen and oxygen atoms in total. The number of anilines is 1. The van der Waals surface area contributed by atoms with Gasteiger partial charge in [0.1, 0.15) is 5.00 Å². The van der Waals surface area contributed by atoms with E-state index in [1.54, 1.807) is 12.1 Å². The number of thiophene rings is 1. The average molecular weight is 342 g/mol. The van der Waals surface area contributed by atoms with Crippen molar-refractivity contribution in [2.24, 2.45) is 11.7 Å². The summed E-state index contributed by atoms with van der Waals surface area (Å²) in [6.07, 6.45) is 4.04. The largest absolute Gasteiger partial charge is 0.365 e. The van der Waals surface area contributed by atoms with Crippen molar-refractivity contribution in [3.63, 3.8) is 0 Å². The van der Waals surface area contributed by atoms with E-state index in [0.29, 0.717) is 22.0 Å². The highest BCUT2D eigenvalue weighted by atomic mass is 32.1. The molecule has 0 bridgehead atoms. The number of hydrogen-bond donors (Lipinski definition) is 2. The topological polar surface area (TPSA) is 72.2 Å². The van der Waals surface area contributed by atoms with Crippen molar-refractivity contribution in [3.8, 4) is 0 Å². The van der Waals surface area contributed by atoms with Gasteiger partial charge in [-0.3, -0.25) is 9.59 Å². The fourth-order valence-electron chi connectivity index (χ4n) is 3.23. The highest BCUT2D eigenvalue weighted by Gasteiger charge is 2.28. The van der Waals surface area contributed by atoms with Gasteiger partial charge < -0.3 is 11.1 Å². The Balaban J connectivity index is 1.90. The van der Waals surface area contributed by atoms with Crippen LogP contribution in [0.3, 0.4) is 0 Å². The fourth-order valence-corrected chi connectivity index (χ4v) is 4.59. The Labute approximate surface area is 146 Å². The molecule has 0 radical (unpaired) electrons. The molecule has 0 fully saturated rings. The molecular weight excluding hydrogens is 320 g/mol. The predicted molar refractivity (Wildman–Crippen MR) is 97.8 cm³/mol. The van der Waals surface area contributed by atoms with E-state index in [0.717, 1.165) is 36.8 Å². The highest BCUT2D eigenvalue weighted by Crippen LogP contribution is 2.40. The van der Waals surface area contributed by atoms with Crippen LogP contribution in [0.4, 0.5) is 5.00 Å². The second-order valence-corrected chi connectivity index (χ2v) is 7.51. The van der Waals surface area contributed by atoms with Gasteiger partial charge in [0.2, 0.25) is 0 Å². The Bertz CT molecular complexity index is 777. The summed E-state index contributed by atoms with van der Waals surface area (Å²) in [4.78, 5) is 25.6. The number of aryl methyl sites for hydroxylation is 1. The van der Waals surface area contributed by atoms with Gasteiger partial charge in [0.25, 0.3) is 11.8 Å². The molecule has 0 spiro atoms. The minimum atomic E-state index is -0.457. The Hall–Kier alpha value is -2.14. The molecule has 5 heteroatoms. The zero-order chi connectivity index (χ0) is 17.3. The second-order valence-electron chi connectivity index (χ2n) is 6.41. The Morgan fingerprint density at radius 2 is 2.00 bits per heavy atom. The lowest BCUT2D eigenvalue weighted by Crippen LogP contribution is -2.19. The van der Waals surface area contributed by atoms with Crippen molar-refractivity contribution in [1.29, 1.82) is 0 Å². The smallest absolute Gasteiger partial charge is 0.256 e. The molecule has 1 heterocycles. The zero-order valence-corrected chi connectivity index (χ0v) is 14.8. The van der Waals surface area contributed by atoms with Gasteiger partial charge in [-0.05, 0) is 49.8 Å². The van der Waals surface area contributed by atoms with Gasteiger partial charge in [0.05, 0.1) is 5.56 Å². The SMILES string of the molecule is CC[C@@H]1CCc2c(sc(NC(=O)c3ccc(C)cc3)c2C(N)=O)C1. The summed E-state index contributed by atoms with van der Waals surface area (Å²) >= 11 is 1.50. The van der Waals surface area contributed by atoms with Crippen LogP contribution in [-0.4, -0.2) is 11.8 Å². The van der Waals surface area contributed by atoms with Crippen LogP contribution < -0.4 is 11.1 Å². The summed E-state index contributed by atoms with van der Waals surface area (Å²) in [7, 11) is 0. The van der Waals surface area contributed by atoms with E-state index in [1.807, 2.05) is 19.1 Å². The number of amides is 2. The maximum absolute atomic E-state index is 12.5. The van der Waals surface area contributed by atoms with Gasteiger partial charge in [-0.2, -0.15) is 0 Å². The molecule has 126 valence electrons. The number of benzene rings is 1. The van der Waals surface area contributed by atoms with E-state index in [-0.39, 0.29) is 5.91 Å². The molecule has 0 saturated carbocycles. The second kappa shape index (κ2) is 6.77. The first-order valence-electron chi connectivity index (χ1n) is 8.32. The standard InChI is InChI=1S/C19H22N2O2S/c1-3-12-6-9-14-15(10-12)24-19(16(14)17(20)22)21-18(23)13-7-4-11(2)5-8-13/h4-5,7-8,12H,3,6,9-10H2,1-2H3,(H2,20,22)(H,21,23)/t12-/m1/s1. The number of carbonyl (C=O) groups is 2. The number of fused-ring (bicyclic) bond motifs is 1. The molecular formula is C19H22N2O2S. The number of primary amides is 1. The fraction of sp³-hybridized carbons (Fsp3) is 0.368. The lowest BCUT2D eigenvalue weighted by Gasteiger charge is -2.20. The molecule has 24 heavy (non-hydrogen) atoms. The Morgan fingerprint density at radius 1 is 1.29 bits per heavy atom. The van der Waals surface area contributed by atoms with E-state index >= 15 is 0 Å². The molecule has 2 amide bonds. The number of rotatable bonds is 4. The minimum absolute atomic E-state index is 0.205. The molecule has 0 aliphatic heterocycles. The summed E-state index contributed by atoms with van der Waals surface area (Å²) in [5, 5.41) is 3.49. The molecule has 0 saturated heterocycles. The van der Waals surface area contributed by atoms with Gasteiger partial charge in [0.15, 0.2) is 0 Å². The Morgan fingerprint density at radius 3 is 2.62 bits per heavy atom. The van der Waals surface area contributed by atoms with Crippen molar-refractivity contribution in [2.45, 2.75) is 39.5 Å². The number of hydrogen-bond acceptors (Lipinski definition) is 3. The van der Waals surface area contributed by atoms with Gasteiger partial charge in [-0.25, -0.2) is 0 Å². The maximum Gasteiger partial charge on any atom is 0.256 e. The first kappa shape index (κ1) is 16.7. The number of nitrogens with one attached hydrogen (secondary N) is 1. The molecule has 0 unspecified atom stereocenters. The average Bonchev–Trinajstić information content (AvgIpc) is 2.92. The quantitative estimate of drug-likeness (QED) is 0.884. The van der Waals surface area contributed by atoms with Gasteiger partial charge in [-0.15, -0.1) is 11.3 Å². The summed E-state index contributed by atoms with van der Waals surface area (Å²) in [6.45, 7) is 4.17. The van der Waals surface area contributed by atoms with Crippen molar-refractivity contribution in [3.05, 3.63) is 51.4 Å². The molecule has 1 aromatic carbocycles. The van der Waals surface area contributed by atoms with Crippen molar-refractivity contribution in [1.82, 2.24) is 0 Å². The van der Waals surface area contributed by atoms with E-state index in [1.165, 1.54) is 16.2 Å². The summed E-state index contributed by atoms with van der Waals surface area (Å²) in [6, 6.07) is 7.37. The van der Waals surface area contributed by atoms with Crippen LogP contribution in [0.5, 0.6) is 0 Å². The molecule has 3 rings (SSSR count). The minimum Gasteiger partial charge on any atom is -0.365 e. The van der Waals surface area contributed by atoms with Crippen LogP contribution in [0.1, 0.15) is 56.5 Å². The summed E-state index contributed by atoms with van der Waals surface area (Å²) in [5.41, 5.74) is 8.82. The maximum atomic E-state index is 12.5. The lowest BCUT2D eigenvalue weighted by atomic mass is 9.85. The van der Waals surface area contributed by atoms with Crippen LogP contribution in [0, 0.1) is 12.8 Å². The van der Waals surface area contributed by atoms with Crippen LogP contribution in [-0.2, 0) is 12.8 Å². The third-order valence-corrected chi connectivity index (χ3v) is 5.90. The Kier molecular flexibility index (Phi) is 4.71. The molecule has 1 aliphatic carbocycles. The van der Waals surface area contributed by atoms with Crippen molar-refractivity contribution < 1.29 is 9.59 Å². The van der Waals surface area contributed by atoms with Gasteiger partial charge in [-0.1, -0.05) is 31.0 Å². The lowest BCUT2D eigenvalue weighted by molar-refractivity contribution is 0.1000. The predicted octanol–water partition coefficient (Wildman–Crippen LogP) is 3.92. The molecule has 2 aromatic rings. The molecule has 1 aromatic heterocycles. The number of carbonyl (C=O) groups excluding carboxylic acids is 2. The van der Waals surface area contributed by atoms with Crippen molar-refractivity contribution in [2.75, 3.05) is 5.32 Å². The van der Waals surface area contributed by atoms with Crippen LogP contribution in [0.25, 0.3) is 0 Å². The van der Waals surface area contributed by atoms with E-state index < -0.39 is 5.91 Å². The van der Waals surface area contributed by atoms with Crippen LogP contribution >= 0.6 is 11.3 Å². The van der Waals surface area contributed by atoms with E-state index in [2.05, 4.69) is 12.2 Å². The molecule has 1 aliphatic rings. The van der Waals surface area contributed by atoms with E-state index in [4.69, 9.17) is 5.73 Å². The van der Waals surface area contributed by atoms with E-state index in [9.17, 15) is 9.59 Å². The van der Waals surface area contributed by atoms with Gasteiger partial charge in [0, 0.05) is 10.4 Å². The zero-order valence-electron chi connectivity index (χ0n) is 14.0. The van der Waals surface area contributed by atoms with Crippen LogP contribution in [0.2, 0.25) is 0 Å². The number of nitrogens with two attached hydrogens (primary N) is 1. The van der Waals surface area contributed by atoms with Gasteiger partial charge >= 0.3 is 0 Å².